The third-order valence-electron chi connectivity index (χ3n) is 7.77. The predicted molar refractivity (Wildman–Crippen MR) is 133 cm³/mol. The van der Waals surface area contributed by atoms with Crippen LogP contribution in [0, 0.1) is 5.92 Å². The van der Waals surface area contributed by atoms with Gasteiger partial charge in [-0.15, -0.1) is 0 Å². The zero-order valence-corrected chi connectivity index (χ0v) is 20.2. The van der Waals surface area contributed by atoms with Crippen molar-refractivity contribution >= 4 is 11.6 Å². The molecule has 1 saturated carbocycles. The van der Waals surface area contributed by atoms with E-state index < -0.39 is 0 Å². The molecule has 1 amide bonds. The van der Waals surface area contributed by atoms with Crippen molar-refractivity contribution in [3.63, 3.8) is 0 Å². The Balaban J connectivity index is 1.35. The van der Waals surface area contributed by atoms with E-state index in [2.05, 4.69) is 32.1 Å². The van der Waals surface area contributed by atoms with Crippen molar-refractivity contribution in [3.05, 3.63) is 29.8 Å². The van der Waals surface area contributed by atoms with Crippen molar-refractivity contribution < 1.29 is 4.79 Å². The maximum atomic E-state index is 11.3. The number of anilines is 1. The van der Waals surface area contributed by atoms with Crippen molar-refractivity contribution in [2.45, 2.75) is 77.3 Å². The van der Waals surface area contributed by atoms with Crippen LogP contribution in [-0.2, 0) is 11.3 Å². The van der Waals surface area contributed by atoms with Gasteiger partial charge in [-0.3, -0.25) is 9.69 Å². The van der Waals surface area contributed by atoms with Gasteiger partial charge in [-0.05, 0) is 81.8 Å². The zero-order chi connectivity index (χ0) is 22.2. The van der Waals surface area contributed by atoms with Gasteiger partial charge in [-0.2, -0.15) is 0 Å². The minimum Gasteiger partial charge on any atom is -0.326 e. The van der Waals surface area contributed by atoms with E-state index in [1.54, 1.807) is 6.92 Å². The number of nitrogens with zero attached hydrogens (tertiary/aromatic N) is 3. The fourth-order valence-electron chi connectivity index (χ4n) is 6.07. The second-order valence-corrected chi connectivity index (χ2v) is 10.5. The molecule has 0 spiro atoms. The van der Waals surface area contributed by atoms with E-state index in [-0.39, 0.29) is 5.91 Å². The molecule has 1 N–H and O–H groups in total. The van der Waals surface area contributed by atoms with Crippen molar-refractivity contribution in [1.82, 2.24) is 14.7 Å². The molecular formula is C27H44N4O. The molecule has 2 heterocycles. The van der Waals surface area contributed by atoms with Gasteiger partial charge < -0.3 is 15.1 Å². The van der Waals surface area contributed by atoms with Gasteiger partial charge in [0.1, 0.15) is 0 Å². The summed E-state index contributed by atoms with van der Waals surface area (Å²) in [5, 5.41) is 2.89. The van der Waals surface area contributed by atoms with Crippen molar-refractivity contribution in [2.24, 2.45) is 5.92 Å². The Bertz CT molecular complexity index is 694. The van der Waals surface area contributed by atoms with Crippen molar-refractivity contribution in [3.8, 4) is 0 Å². The third-order valence-corrected chi connectivity index (χ3v) is 7.77. The monoisotopic (exact) mass is 440 g/mol. The first-order valence-corrected chi connectivity index (χ1v) is 13.2. The summed E-state index contributed by atoms with van der Waals surface area (Å²) in [6, 6.07) is 9.32. The third kappa shape index (κ3) is 7.29. The Kier molecular flexibility index (Phi) is 9.01. The highest BCUT2D eigenvalue weighted by Crippen LogP contribution is 2.28. The molecule has 3 aliphatic rings. The highest BCUT2D eigenvalue weighted by Gasteiger charge is 2.28. The number of amides is 1. The van der Waals surface area contributed by atoms with Crippen LogP contribution >= 0.6 is 0 Å². The molecule has 5 heteroatoms. The van der Waals surface area contributed by atoms with Gasteiger partial charge >= 0.3 is 0 Å². The number of carbonyl (C=O) groups excluding carboxylic acids is 1. The van der Waals surface area contributed by atoms with E-state index >= 15 is 0 Å². The van der Waals surface area contributed by atoms with Gasteiger partial charge in [0.2, 0.25) is 5.91 Å². The SMILES string of the molecule is CC(=O)Nc1ccc(CN(CCN2CCCCC2)C[C@H]2CCCN(C3CCCC3)C2)cc1. The van der Waals surface area contributed by atoms with Gasteiger partial charge in [0.15, 0.2) is 0 Å². The molecular weight excluding hydrogens is 396 g/mol. The van der Waals surface area contributed by atoms with Crippen LogP contribution in [0.1, 0.15) is 70.3 Å². The number of hydrogen-bond donors (Lipinski definition) is 1. The summed E-state index contributed by atoms with van der Waals surface area (Å²) in [4.78, 5) is 19.5. The summed E-state index contributed by atoms with van der Waals surface area (Å²) in [5.74, 6) is 0.786. The topological polar surface area (TPSA) is 38.8 Å². The average Bonchev–Trinajstić information content (AvgIpc) is 3.34. The van der Waals surface area contributed by atoms with E-state index in [0.717, 1.165) is 30.7 Å². The number of carbonyl (C=O) groups is 1. The molecule has 0 bridgehead atoms. The van der Waals surface area contributed by atoms with Crippen LogP contribution < -0.4 is 5.32 Å². The standard InChI is InChI=1S/C27H44N4O/c1-23(32)28-26-13-11-24(12-14-26)20-30(19-18-29-15-5-2-6-16-29)21-25-8-7-17-31(22-25)27-9-3-4-10-27/h11-14,25,27H,2-10,15-22H2,1H3,(H,28,32)/t25-/m1/s1. The molecule has 1 aromatic rings. The Morgan fingerprint density at radius 3 is 2.44 bits per heavy atom. The lowest BCUT2D eigenvalue weighted by Crippen LogP contribution is -2.46. The molecule has 0 aromatic heterocycles. The molecule has 178 valence electrons. The minimum atomic E-state index is -0.00924. The molecule has 32 heavy (non-hydrogen) atoms. The summed E-state index contributed by atoms with van der Waals surface area (Å²) < 4.78 is 0. The van der Waals surface area contributed by atoms with E-state index in [9.17, 15) is 4.79 Å². The van der Waals surface area contributed by atoms with Gasteiger partial charge in [0.05, 0.1) is 0 Å². The molecule has 1 aromatic carbocycles. The lowest BCUT2D eigenvalue weighted by atomic mass is 9.95. The second kappa shape index (κ2) is 12.2. The van der Waals surface area contributed by atoms with Crippen LogP contribution in [0.2, 0.25) is 0 Å². The first-order valence-electron chi connectivity index (χ1n) is 13.2. The number of benzene rings is 1. The van der Waals surface area contributed by atoms with Crippen molar-refractivity contribution in [2.75, 3.05) is 51.1 Å². The zero-order valence-electron chi connectivity index (χ0n) is 20.2. The fourth-order valence-corrected chi connectivity index (χ4v) is 6.07. The number of hydrogen-bond acceptors (Lipinski definition) is 4. The predicted octanol–water partition coefficient (Wildman–Crippen LogP) is 4.59. The maximum absolute atomic E-state index is 11.3. The van der Waals surface area contributed by atoms with Crippen LogP contribution in [0.15, 0.2) is 24.3 Å². The molecule has 2 aliphatic heterocycles. The lowest BCUT2D eigenvalue weighted by Gasteiger charge is -2.39. The first-order chi connectivity index (χ1) is 15.7. The van der Waals surface area contributed by atoms with E-state index in [4.69, 9.17) is 0 Å². The largest absolute Gasteiger partial charge is 0.326 e. The first kappa shape index (κ1) is 23.7. The lowest BCUT2D eigenvalue weighted by molar-refractivity contribution is -0.114. The molecule has 3 fully saturated rings. The Morgan fingerprint density at radius 2 is 1.72 bits per heavy atom. The number of likely N-dealkylation sites (tertiary alicyclic amines) is 2. The molecule has 2 saturated heterocycles. The quantitative estimate of drug-likeness (QED) is 0.610. The normalized spacial score (nSPS) is 23.6. The molecule has 5 nitrogen and oxygen atoms in total. The number of rotatable bonds is 9. The van der Waals surface area contributed by atoms with E-state index in [1.165, 1.54) is 103 Å². The summed E-state index contributed by atoms with van der Waals surface area (Å²) in [7, 11) is 0. The van der Waals surface area contributed by atoms with Crippen LogP contribution in [0.25, 0.3) is 0 Å². The molecule has 4 rings (SSSR count). The molecule has 0 unspecified atom stereocenters. The minimum absolute atomic E-state index is 0.00924. The smallest absolute Gasteiger partial charge is 0.221 e. The van der Waals surface area contributed by atoms with Crippen LogP contribution in [0.3, 0.4) is 0 Å². The van der Waals surface area contributed by atoms with Crippen LogP contribution in [0.4, 0.5) is 5.69 Å². The van der Waals surface area contributed by atoms with E-state index in [0.29, 0.717) is 0 Å². The second-order valence-electron chi connectivity index (χ2n) is 10.5. The number of piperidine rings is 2. The van der Waals surface area contributed by atoms with Crippen LogP contribution in [0.5, 0.6) is 0 Å². The van der Waals surface area contributed by atoms with Crippen molar-refractivity contribution in [1.29, 1.82) is 0 Å². The summed E-state index contributed by atoms with van der Waals surface area (Å²) in [5.41, 5.74) is 2.24. The molecule has 0 radical (unpaired) electrons. The molecule has 1 atom stereocenters. The Hall–Kier alpha value is -1.43. The van der Waals surface area contributed by atoms with Gasteiger partial charge in [0.25, 0.3) is 0 Å². The average molecular weight is 441 g/mol. The molecule has 1 aliphatic carbocycles. The van der Waals surface area contributed by atoms with Gasteiger partial charge in [-0.25, -0.2) is 0 Å². The summed E-state index contributed by atoms with van der Waals surface area (Å²) >= 11 is 0. The summed E-state index contributed by atoms with van der Waals surface area (Å²) in [6.07, 6.45) is 12.6. The Labute approximate surface area is 195 Å². The fraction of sp³-hybridized carbons (Fsp3) is 0.741. The highest BCUT2D eigenvalue weighted by atomic mass is 16.1. The van der Waals surface area contributed by atoms with Crippen LogP contribution in [-0.4, -0.2) is 72.5 Å². The maximum Gasteiger partial charge on any atom is 0.221 e. The Morgan fingerprint density at radius 1 is 0.969 bits per heavy atom. The highest BCUT2D eigenvalue weighted by molar-refractivity contribution is 5.88. The summed E-state index contributed by atoms with van der Waals surface area (Å²) in [6.45, 7) is 11.3. The van der Waals surface area contributed by atoms with Gasteiger partial charge in [-0.1, -0.05) is 31.4 Å². The number of nitrogens with one attached hydrogen (secondary N) is 1. The van der Waals surface area contributed by atoms with Gasteiger partial charge in [0, 0.05) is 51.4 Å². The van der Waals surface area contributed by atoms with E-state index in [1.807, 2.05) is 12.1 Å².